The summed E-state index contributed by atoms with van der Waals surface area (Å²) in [4.78, 5) is 19.7. The first-order valence-electron chi connectivity index (χ1n) is 12.7. The number of methoxy groups -OCH3 is 1. The number of hydrogen-bond acceptors (Lipinski definition) is 6. The van der Waals surface area contributed by atoms with Crippen molar-refractivity contribution >= 4 is 53.9 Å². The molecule has 1 amide bonds. The average Bonchev–Trinajstić information content (AvgIpc) is 2.89. The molecule has 0 aromatic heterocycles. The number of ether oxygens (including phenoxy) is 2. The Hall–Kier alpha value is -1.50. The fourth-order valence-corrected chi connectivity index (χ4v) is 5.47. The van der Waals surface area contributed by atoms with Gasteiger partial charge in [-0.2, -0.15) is 13.2 Å². The van der Waals surface area contributed by atoms with Crippen molar-refractivity contribution in [2.45, 2.75) is 24.7 Å². The zero-order valence-corrected chi connectivity index (χ0v) is 25.6. The number of hydrogen-bond donors (Lipinski definition) is 1. The first-order chi connectivity index (χ1) is 18.5. The summed E-state index contributed by atoms with van der Waals surface area (Å²) in [7, 11) is 1.65. The molecule has 0 unspecified atom stereocenters. The largest absolute Gasteiger partial charge is 0.506 e. The van der Waals surface area contributed by atoms with Crippen LogP contribution in [-0.2, 0) is 22.1 Å². The van der Waals surface area contributed by atoms with Gasteiger partial charge in [0.05, 0.1) is 29.9 Å². The van der Waals surface area contributed by atoms with Crippen LogP contribution in [0.5, 0.6) is 5.75 Å². The molecule has 41 heavy (non-hydrogen) atoms. The molecular weight excluding hydrogens is 629 g/mol. The zero-order chi connectivity index (χ0) is 28.2. The minimum absolute atomic E-state index is 0. The van der Waals surface area contributed by atoms with Gasteiger partial charge in [0, 0.05) is 69.6 Å². The maximum absolute atomic E-state index is 13.5. The maximum Gasteiger partial charge on any atom is 0.416 e. The van der Waals surface area contributed by atoms with Crippen molar-refractivity contribution in [1.29, 1.82) is 0 Å². The normalized spacial score (nSPS) is 20.3. The van der Waals surface area contributed by atoms with Gasteiger partial charge in [0.15, 0.2) is 0 Å². The van der Waals surface area contributed by atoms with E-state index in [1.807, 2.05) is 0 Å². The predicted octanol–water partition coefficient (Wildman–Crippen LogP) is 5.28. The number of phenols is 1. The minimum Gasteiger partial charge on any atom is -0.506 e. The Morgan fingerprint density at radius 2 is 1.76 bits per heavy atom. The third-order valence-corrected chi connectivity index (χ3v) is 7.63. The van der Waals surface area contributed by atoms with Gasteiger partial charge in [-0.05, 0) is 42.3 Å². The molecule has 2 aliphatic heterocycles. The lowest BCUT2D eigenvalue weighted by Crippen LogP contribution is -2.57. The molecule has 14 heteroatoms. The smallest absolute Gasteiger partial charge is 0.416 e. The van der Waals surface area contributed by atoms with Crippen LogP contribution < -0.4 is 0 Å². The van der Waals surface area contributed by atoms with Crippen LogP contribution in [0.3, 0.4) is 0 Å². The number of carbonyl (C=O) groups is 1. The maximum atomic E-state index is 13.5. The summed E-state index contributed by atoms with van der Waals surface area (Å²) in [5.41, 5.74) is -0.308. The second kappa shape index (κ2) is 15.8. The molecule has 0 saturated carbocycles. The lowest BCUT2D eigenvalue weighted by molar-refractivity contribution is -0.137. The fourth-order valence-electron chi connectivity index (χ4n) is 5.12. The van der Waals surface area contributed by atoms with Crippen LogP contribution in [0.15, 0.2) is 36.4 Å². The lowest BCUT2D eigenvalue weighted by Gasteiger charge is -2.42. The van der Waals surface area contributed by atoms with Gasteiger partial charge in [0.25, 0.3) is 5.91 Å². The van der Waals surface area contributed by atoms with Crippen LogP contribution in [0.2, 0.25) is 10.0 Å². The van der Waals surface area contributed by atoms with Gasteiger partial charge in [0.2, 0.25) is 0 Å². The molecule has 2 atom stereocenters. The average molecular weight is 663 g/mol. The van der Waals surface area contributed by atoms with Crippen molar-refractivity contribution in [2.24, 2.45) is 0 Å². The standard InChI is InChI=1S/C27H32Cl2F3N3O4.2ClH/c1-38-17-23-16-34(8-9-39-23)5-4-33-6-7-35(22(15-33)10-18-2-3-24(29)25(36)11-18)26(37)19-12-20(27(30,31)32)14-21(28)13-19;;/h2-3,11-14,22-23,36H,4-10,15-17H2,1H3;2*1H/t22-,23+;;/m1../s1. The topological polar surface area (TPSA) is 65.5 Å². The number of rotatable bonds is 8. The molecule has 0 bridgehead atoms. The summed E-state index contributed by atoms with van der Waals surface area (Å²) in [5, 5.41) is 10.2. The van der Waals surface area contributed by atoms with E-state index in [1.165, 1.54) is 6.07 Å². The second-order valence-electron chi connectivity index (χ2n) is 9.92. The van der Waals surface area contributed by atoms with Gasteiger partial charge in [0.1, 0.15) is 5.75 Å². The fraction of sp³-hybridized carbons (Fsp3) is 0.519. The Morgan fingerprint density at radius 3 is 2.41 bits per heavy atom. The molecule has 2 saturated heterocycles. The predicted molar refractivity (Wildman–Crippen MR) is 157 cm³/mol. The number of halogens is 7. The van der Waals surface area contributed by atoms with Crippen LogP contribution in [0.4, 0.5) is 13.2 Å². The molecule has 7 nitrogen and oxygen atoms in total. The molecule has 2 fully saturated rings. The number of aromatic hydroxyl groups is 1. The first kappa shape index (κ1) is 35.7. The van der Waals surface area contributed by atoms with E-state index in [0.717, 1.165) is 43.9 Å². The van der Waals surface area contributed by atoms with Crippen LogP contribution in [-0.4, -0.2) is 104 Å². The van der Waals surface area contributed by atoms with E-state index >= 15 is 0 Å². The van der Waals surface area contributed by atoms with Crippen LogP contribution in [0.1, 0.15) is 21.5 Å². The van der Waals surface area contributed by atoms with Crippen molar-refractivity contribution in [1.82, 2.24) is 14.7 Å². The van der Waals surface area contributed by atoms with Gasteiger partial charge < -0.3 is 19.5 Å². The molecule has 230 valence electrons. The molecule has 0 aliphatic carbocycles. The summed E-state index contributed by atoms with van der Waals surface area (Å²) in [5.74, 6) is -0.580. The molecule has 2 aromatic rings. The number of morpholine rings is 1. The van der Waals surface area contributed by atoms with E-state index in [-0.39, 0.29) is 58.3 Å². The molecule has 0 radical (unpaired) electrons. The van der Waals surface area contributed by atoms with Gasteiger partial charge in [-0.1, -0.05) is 29.3 Å². The number of nitrogens with zero attached hydrogens (tertiary/aromatic N) is 3. The summed E-state index contributed by atoms with van der Waals surface area (Å²) in [6.07, 6.45) is -4.20. The number of piperazine rings is 1. The molecule has 0 spiro atoms. The van der Waals surface area contributed by atoms with Crippen molar-refractivity contribution in [3.8, 4) is 5.75 Å². The number of amides is 1. The third kappa shape index (κ3) is 9.76. The summed E-state index contributed by atoms with van der Waals surface area (Å²) < 4.78 is 51.2. The van der Waals surface area contributed by atoms with Crippen LogP contribution in [0, 0.1) is 0 Å². The third-order valence-electron chi connectivity index (χ3n) is 7.09. The van der Waals surface area contributed by atoms with E-state index in [9.17, 15) is 23.1 Å². The van der Waals surface area contributed by atoms with Crippen molar-refractivity contribution < 1.29 is 32.5 Å². The summed E-state index contributed by atoms with van der Waals surface area (Å²) in [6.45, 7) is 5.78. The number of benzene rings is 2. The molecular formula is C27H34Cl4F3N3O4. The minimum atomic E-state index is -4.62. The Kier molecular flexibility index (Phi) is 13.8. The van der Waals surface area contributed by atoms with Gasteiger partial charge in [-0.25, -0.2) is 0 Å². The highest BCUT2D eigenvalue weighted by atomic mass is 35.5. The summed E-state index contributed by atoms with van der Waals surface area (Å²) >= 11 is 11.9. The molecule has 1 N–H and O–H groups in total. The second-order valence-corrected chi connectivity index (χ2v) is 10.8. The molecule has 2 aliphatic rings. The van der Waals surface area contributed by atoms with Gasteiger partial charge >= 0.3 is 6.18 Å². The Bertz CT molecular complexity index is 1160. The van der Waals surface area contributed by atoms with Crippen molar-refractivity contribution in [2.75, 3.05) is 66.1 Å². The molecule has 2 heterocycles. The van der Waals surface area contributed by atoms with Crippen LogP contribution in [0.25, 0.3) is 0 Å². The SMILES string of the molecule is COC[C@@H]1CN(CCN2CCN(C(=O)c3cc(Cl)cc(C(F)(F)F)c3)[C@H](Cc3ccc(Cl)c(O)c3)C2)CCO1.Cl.Cl. The highest BCUT2D eigenvalue weighted by Crippen LogP contribution is 2.33. The van der Waals surface area contributed by atoms with E-state index in [2.05, 4.69) is 9.80 Å². The number of carbonyl (C=O) groups excluding carboxylic acids is 1. The number of phenolic OH excluding ortho intramolecular Hbond substituents is 1. The Labute approximate surface area is 260 Å². The summed E-state index contributed by atoms with van der Waals surface area (Å²) in [6, 6.07) is 7.49. The van der Waals surface area contributed by atoms with Gasteiger partial charge in [-0.15, -0.1) is 24.8 Å². The van der Waals surface area contributed by atoms with E-state index in [4.69, 9.17) is 32.7 Å². The quantitative estimate of drug-likeness (QED) is 0.415. The van der Waals surface area contributed by atoms with Crippen LogP contribution >= 0.6 is 48.0 Å². The highest BCUT2D eigenvalue weighted by molar-refractivity contribution is 6.32. The molecule has 4 rings (SSSR count). The highest BCUT2D eigenvalue weighted by Gasteiger charge is 2.35. The van der Waals surface area contributed by atoms with E-state index in [1.54, 1.807) is 30.2 Å². The Morgan fingerprint density at radius 1 is 1.05 bits per heavy atom. The van der Waals surface area contributed by atoms with Gasteiger partial charge in [-0.3, -0.25) is 14.6 Å². The zero-order valence-electron chi connectivity index (χ0n) is 22.4. The van der Waals surface area contributed by atoms with Crippen molar-refractivity contribution in [3.63, 3.8) is 0 Å². The Balaban J connectivity index is 0.00000294. The number of alkyl halides is 3. The van der Waals surface area contributed by atoms with E-state index in [0.29, 0.717) is 39.3 Å². The molecule has 2 aromatic carbocycles. The monoisotopic (exact) mass is 661 g/mol. The lowest BCUT2D eigenvalue weighted by atomic mass is 10.00. The van der Waals surface area contributed by atoms with E-state index < -0.39 is 17.6 Å². The first-order valence-corrected chi connectivity index (χ1v) is 13.5. The van der Waals surface area contributed by atoms with Crippen molar-refractivity contribution in [3.05, 3.63) is 63.1 Å².